The predicted molar refractivity (Wildman–Crippen MR) is 82.9 cm³/mol. The van der Waals surface area contributed by atoms with Gasteiger partial charge in [0, 0.05) is 6.61 Å². The minimum atomic E-state index is -0.438. The Hall–Kier alpha value is -0.870. The van der Waals surface area contributed by atoms with Crippen molar-refractivity contribution in [2.24, 2.45) is 0 Å². The molecule has 1 heterocycles. The van der Waals surface area contributed by atoms with Crippen molar-refractivity contribution >= 4 is 21.9 Å². The van der Waals surface area contributed by atoms with Crippen molar-refractivity contribution in [1.29, 1.82) is 0 Å². The normalized spacial score (nSPS) is 26.6. The quantitative estimate of drug-likeness (QED) is 0.580. The summed E-state index contributed by atoms with van der Waals surface area (Å²) in [5, 5.41) is 0. The summed E-state index contributed by atoms with van der Waals surface area (Å²) < 4.78 is 10.8. The van der Waals surface area contributed by atoms with E-state index < -0.39 is 4.83 Å². The summed E-state index contributed by atoms with van der Waals surface area (Å²) in [6, 6.07) is 0. The molecule has 2 aliphatic rings. The Kier molecular flexibility index (Phi) is 6.05. The number of carbonyl (C=O) groups is 1. The highest BCUT2D eigenvalue weighted by Gasteiger charge is 2.28. The van der Waals surface area contributed by atoms with Gasteiger partial charge in [0.25, 0.3) is 0 Å². The van der Waals surface area contributed by atoms with Crippen LogP contribution in [0.25, 0.3) is 0 Å². The van der Waals surface area contributed by atoms with Crippen molar-refractivity contribution in [2.75, 3.05) is 13.7 Å². The molecule has 2 unspecified atom stereocenters. The van der Waals surface area contributed by atoms with Crippen LogP contribution >= 0.6 is 15.9 Å². The molecule has 0 spiro atoms. The topological polar surface area (TPSA) is 35.5 Å². The standard InChI is InChI=1S/C16H21BrO3/c1-19-16(18)15(17)13-9-5-3-2-4-8-12(13)14-10-6-7-11-20-14/h3,5,8-9,14-15H,2,4,6-7,10-11H2,1H3/b5-3-,12-8?,13-9?. The van der Waals surface area contributed by atoms with Gasteiger partial charge >= 0.3 is 5.97 Å². The van der Waals surface area contributed by atoms with E-state index in [1.165, 1.54) is 13.5 Å². The third kappa shape index (κ3) is 3.83. The first-order valence-electron chi connectivity index (χ1n) is 7.14. The van der Waals surface area contributed by atoms with E-state index in [-0.39, 0.29) is 12.1 Å². The van der Waals surface area contributed by atoms with Gasteiger partial charge in [-0.05, 0) is 43.3 Å². The summed E-state index contributed by atoms with van der Waals surface area (Å²) in [7, 11) is 1.41. The zero-order chi connectivity index (χ0) is 14.4. The highest BCUT2D eigenvalue weighted by molar-refractivity contribution is 9.10. The number of rotatable bonds is 3. The van der Waals surface area contributed by atoms with Crippen molar-refractivity contribution < 1.29 is 14.3 Å². The second kappa shape index (κ2) is 7.79. The Morgan fingerprint density at radius 1 is 1.45 bits per heavy atom. The SMILES string of the molecule is COC(=O)C(Br)C1=C/C=C\CCC=C1C1CCCCO1. The van der Waals surface area contributed by atoms with Crippen LogP contribution < -0.4 is 0 Å². The maximum absolute atomic E-state index is 11.8. The highest BCUT2D eigenvalue weighted by atomic mass is 79.9. The number of hydrogen-bond donors (Lipinski definition) is 0. The molecule has 0 amide bonds. The molecule has 1 aliphatic heterocycles. The molecule has 1 saturated heterocycles. The van der Waals surface area contributed by atoms with Crippen LogP contribution in [-0.2, 0) is 14.3 Å². The van der Waals surface area contributed by atoms with Crippen molar-refractivity contribution in [2.45, 2.75) is 43.0 Å². The average molecular weight is 341 g/mol. The number of carbonyl (C=O) groups excluding carboxylic acids is 1. The molecule has 20 heavy (non-hydrogen) atoms. The average Bonchev–Trinajstić information content (AvgIpc) is 2.46. The molecule has 4 heteroatoms. The van der Waals surface area contributed by atoms with Crippen molar-refractivity contribution in [3.63, 3.8) is 0 Å². The molecule has 0 N–H and O–H groups in total. The summed E-state index contributed by atoms with van der Waals surface area (Å²) in [5.74, 6) is -0.271. The number of halogens is 1. The van der Waals surface area contributed by atoms with E-state index >= 15 is 0 Å². The van der Waals surface area contributed by atoms with Crippen LogP contribution in [0.4, 0.5) is 0 Å². The minimum absolute atomic E-state index is 0.103. The smallest absolute Gasteiger partial charge is 0.324 e. The second-order valence-electron chi connectivity index (χ2n) is 5.03. The minimum Gasteiger partial charge on any atom is -0.468 e. The molecule has 1 fully saturated rings. The van der Waals surface area contributed by atoms with Gasteiger partial charge in [-0.15, -0.1) is 0 Å². The van der Waals surface area contributed by atoms with Gasteiger partial charge < -0.3 is 9.47 Å². The van der Waals surface area contributed by atoms with E-state index in [2.05, 4.69) is 28.1 Å². The van der Waals surface area contributed by atoms with Gasteiger partial charge in [-0.1, -0.05) is 40.2 Å². The molecular formula is C16H21BrO3. The van der Waals surface area contributed by atoms with E-state index in [9.17, 15) is 4.79 Å². The van der Waals surface area contributed by atoms with Crippen LogP contribution in [0.1, 0.15) is 32.1 Å². The summed E-state index contributed by atoms with van der Waals surface area (Å²) in [5.41, 5.74) is 2.10. The van der Waals surface area contributed by atoms with E-state index in [0.29, 0.717) is 0 Å². The van der Waals surface area contributed by atoms with Crippen LogP contribution in [0.2, 0.25) is 0 Å². The Morgan fingerprint density at radius 3 is 3.00 bits per heavy atom. The number of esters is 1. The molecular weight excluding hydrogens is 320 g/mol. The lowest BCUT2D eigenvalue weighted by Crippen LogP contribution is -2.28. The fraction of sp³-hybridized carbons (Fsp3) is 0.562. The lowest BCUT2D eigenvalue weighted by Gasteiger charge is -2.28. The van der Waals surface area contributed by atoms with Gasteiger partial charge in [0.1, 0.15) is 4.83 Å². The molecule has 1 aliphatic carbocycles. The molecule has 0 saturated carbocycles. The largest absolute Gasteiger partial charge is 0.468 e. The van der Waals surface area contributed by atoms with Gasteiger partial charge in [-0.3, -0.25) is 4.79 Å². The van der Waals surface area contributed by atoms with Crippen LogP contribution in [-0.4, -0.2) is 30.6 Å². The van der Waals surface area contributed by atoms with Gasteiger partial charge in [0.2, 0.25) is 0 Å². The molecule has 0 bridgehead atoms. The summed E-state index contributed by atoms with van der Waals surface area (Å²) in [4.78, 5) is 11.4. The maximum atomic E-state index is 11.8. The molecule has 2 atom stereocenters. The number of methoxy groups -OCH3 is 1. The Labute approximate surface area is 128 Å². The van der Waals surface area contributed by atoms with Crippen molar-refractivity contribution in [3.05, 3.63) is 35.5 Å². The summed E-state index contributed by atoms with van der Waals surface area (Å²) in [6.45, 7) is 0.802. The fourth-order valence-electron chi connectivity index (χ4n) is 2.58. The first kappa shape index (κ1) is 15.5. The number of hydrogen-bond acceptors (Lipinski definition) is 3. The van der Waals surface area contributed by atoms with Crippen molar-refractivity contribution in [1.82, 2.24) is 0 Å². The van der Waals surface area contributed by atoms with Crippen LogP contribution in [0, 0.1) is 0 Å². The highest BCUT2D eigenvalue weighted by Crippen LogP contribution is 2.31. The van der Waals surface area contributed by atoms with Crippen LogP contribution in [0.5, 0.6) is 0 Å². The van der Waals surface area contributed by atoms with Gasteiger partial charge in [-0.2, -0.15) is 0 Å². The van der Waals surface area contributed by atoms with Crippen molar-refractivity contribution in [3.8, 4) is 0 Å². The van der Waals surface area contributed by atoms with E-state index in [4.69, 9.17) is 9.47 Å². The Balaban J connectivity index is 2.27. The molecule has 3 nitrogen and oxygen atoms in total. The molecule has 2 rings (SSSR count). The maximum Gasteiger partial charge on any atom is 0.324 e. The van der Waals surface area contributed by atoms with Crippen LogP contribution in [0.3, 0.4) is 0 Å². The summed E-state index contributed by atoms with van der Waals surface area (Å²) >= 11 is 3.46. The Morgan fingerprint density at radius 2 is 2.30 bits per heavy atom. The zero-order valence-electron chi connectivity index (χ0n) is 11.8. The summed E-state index contributed by atoms with van der Waals surface area (Å²) in [6.07, 6.45) is 13.8. The van der Waals surface area contributed by atoms with Crippen LogP contribution in [0.15, 0.2) is 35.5 Å². The first-order valence-corrected chi connectivity index (χ1v) is 8.06. The molecule has 0 aromatic carbocycles. The van der Waals surface area contributed by atoms with E-state index in [0.717, 1.165) is 43.4 Å². The zero-order valence-corrected chi connectivity index (χ0v) is 13.4. The lowest BCUT2D eigenvalue weighted by atomic mass is 9.90. The lowest BCUT2D eigenvalue weighted by molar-refractivity contribution is -0.139. The van der Waals surface area contributed by atoms with Gasteiger partial charge in [0.05, 0.1) is 13.2 Å². The molecule has 0 aromatic heterocycles. The number of alkyl halides is 1. The van der Waals surface area contributed by atoms with Gasteiger partial charge in [0.15, 0.2) is 0 Å². The third-order valence-electron chi connectivity index (χ3n) is 3.65. The molecule has 110 valence electrons. The molecule has 0 radical (unpaired) electrons. The fourth-order valence-corrected chi connectivity index (χ4v) is 3.19. The monoisotopic (exact) mass is 340 g/mol. The Bertz CT molecular complexity index is 431. The van der Waals surface area contributed by atoms with E-state index in [1.54, 1.807) is 0 Å². The molecule has 0 aromatic rings. The number of allylic oxidation sites excluding steroid dienone is 4. The first-order chi connectivity index (χ1) is 9.74. The van der Waals surface area contributed by atoms with Gasteiger partial charge in [-0.25, -0.2) is 0 Å². The van der Waals surface area contributed by atoms with E-state index in [1.807, 2.05) is 12.2 Å². The predicted octanol–water partition coefficient (Wildman–Crippen LogP) is 3.69. The second-order valence-corrected chi connectivity index (χ2v) is 5.94. The number of ether oxygens (including phenoxy) is 2. The third-order valence-corrected chi connectivity index (χ3v) is 4.52.